The maximum Gasteiger partial charge on any atom is 0.210 e. The van der Waals surface area contributed by atoms with Crippen LogP contribution in [0.5, 0.6) is 0 Å². The molecule has 0 aliphatic carbocycles. The SMILES string of the molecule is Clc1cccnc1NNC1=NCCN1. The molecule has 0 radical (unpaired) electrons. The Bertz CT molecular complexity index is 351. The number of hydrogen-bond donors (Lipinski definition) is 3. The Morgan fingerprint density at radius 2 is 2.36 bits per heavy atom. The van der Waals surface area contributed by atoms with Crippen molar-refractivity contribution in [3.8, 4) is 0 Å². The highest BCUT2D eigenvalue weighted by Crippen LogP contribution is 2.15. The van der Waals surface area contributed by atoms with E-state index in [9.17, 15) is 0 Å². The summed E-state index contributed by atoms with van der Waals surface area (Å²) in [4.78, 5) is 8.19. The zero-order valence-corrected chi connectivity index (χ0v) is 8.17. The highest BCUT2D eigenvalue weighted by molar-refractivity contribution is 6.32. The van der Waals surface area contributed by atoms with Crippen molar-refractivity contribution in [2.24, 2.45) is 4.99 Å². The molecule has 0 spiro atoms. The van der Waals surface area contributed by atoms with Crippen LogP contribution in [0, 0.1) is 0 Å². The van der Waals surface area contributed by atoms with Crippen LogP contribution < -0.4 is 16.2 Å². The molecule has 2 rings (SSSR count). The van der Waals surface area contributed by atoms with E-state index in [0.717, 1.165) is 13.1 Å². The van der Waals surface area contributed by atoms with E-state index in [2.05, 4.69) is 26.1 Å². The van der Waals surface area contributed by atoms with E-state index in [1.807, 2.05) is 0 Å². The highest BCUT2D eigenvalue weighted by Gasteiger charge is 2.04. The maximum absolute atomic E-state index is 5.88. The third-order valence-electron chi connectivity index (χ3n) is 1.73. The lowest BCUT2D eigenvalue weighted by Crippen LogP contribution is -2.37. The van der Waals surface area contributed by atoms with E-state index in [1.54, 1.807) is 18.3 Å². The van der Waals surface area contributed by atoms with Crippen molar-refractivity contribution >= 4 is 23.4 Å². The number of anilines is 1. The van der Waals surface area contributed by atoms with Gasteiger partial charge in [0, 0.05) is 12.7 Å². The van der Waals surface area contributed by atoms with Crippen LogP contribution >= 0.6 is 11.6 Å². The molecule has 0 amide bonds. The van der Waals surface area contributed by atoms with Crippen molar-refractivity contribution in [2.75, 3.05) is 18.5 Å². The molecule has 14 heavy (non-hydrogen) atoms. The minimum Gasteiger partial charge on any atom is -0.353 e. The average Bonchev–Trinajstić information content (AvgIpc) is 2.69. The summed E-state index contributed by atoms with van der Waals surface area (Å²) < 4.78 is 0. The van der Waals surface area contributed by atoms with E-state index in [0.29, 0.717) is 16.8 Å². The first-order valence-electron chi connectivity index (χ1n) is 4.27. The van der Waals surface area contributed by atoms with E-state index in [-0.39, 0.29) is 0 Å². The van der Waals surface area contributed by atoms with Crippen molar-refractivity contribution in [2.45, 2.75) is 0 Å². The molecule has 1 aliphatic heterocycles. The topological polar surface area (TPSA) is 61.3 Å². The molecule has 0 unspecified atom stereocenters. The van der Waals surface area contributed by atoms with Gasteiger partial charge in [-0.3, -0.25) is 15.8 Å². The van der Waals surface area contributed by atoms with Gasteiger partial charge in [-0.1, -0.05) is 11.6 Å². The molecule has 0 aromatic carbocycles. The van der Waals surface area contributed by atoms with Gasteiger partial charge in [-0.15, -0.1) is 0 Å². The lowest BCUT2D eigenvalue weighted by molar-refractivity contribution is 0.934. The van der Waals surface area contributed by atoms with E-state index in [1.165, 1.54) is 0 Å². The Balaban J connectivity index is 1.94. The van der Waals surface area contributed by atoms with Gasteiger partial charge < -0.3 is 5.32 Å². The molecule has 1 aromatic heterocycles. The molecule has 0 saturated heterocycles. The standard InChI is InChI=1S/C8H10ClN5/c9-6-2-1-3-10-7(6)13-14-8-11-4-5-12-8/h1-3H,4-5H2,(H,10,13)(H2,11,12,14). The first-order valence-corrected chi connectivity index (χ1v) is 4.65. The first-order chi connectivity index (χ1) is 6.86. The van der Waals surface area contributed by atoms with Crippen LogP contribution in [0.2, 0.25) is 5.02 Å². The Morgan fingerprint density at radius 1 is 1.43 bits per heavy atom. The summed E-state index contributed by atoms with van der Waals surface area (Å²) in [5, 5.41) is 3.62. The molecular weight excluding hydrogens is 202 g/mol. The molecular formula is C8H10ClN5. The number of aromatic nitrogens is 1. The number of nitrogens with zero attached hydrogens (tertiary/aromatic N) is 2. The lowest BCUT2D eigenvalue weighted by Gasteiger charge is -2.09. The van der Waals surface area contributed by atoms with Crippen LogP contribution in [-0.4, -0.2) is 24.0 Å². The van der Waals surface area contributed by atoms with Gasteiger partial charge in [0.2, 0.25) is 5.96 Å². The fraction of sp³-hybridized carbons (Fsp3) is 0.250. The van der Waals surface area contributed by atoms with Crippen LogP contribution in [0.3, 0.4) is 0 Å². The van der Waals surface area contributed by atoms with E-state index >= 15 is 0 Å². The van der Waals surface area contributed by atoms with Crippen molar-refractivity contribution in [3.05, 3.63) is 23.4 Å². The predicted octanol–water partition coefficient (Wildman–Crippen LogP) is 0.611. The number of guanidine groups is 1. The van der Waals surface area contributed by atoms with Crippen LogP contribution in [0.1, 0.15) is 0 Å². The Kier molecular flexibility index (Phi) is 2.69. The second kappa shape index (κ2) is 4.15. The lowest BCUT2D eigenvalue weighted by atomic mass is 10.5. The fourth-order valence-corrected chi connectivity index (χ4v) is 1.25. The molecule has 0 fully saturated rings. The maximum atomic E-state index is 5.88. The van der Waals surface area contributed by atoms with Crippen molar-refractivity contribution < 1.29 is 0 Å². The summed E-state index contributed by atoms with van der Waals surface area (Å²) in [5.41, 5.74) is 5.75. The molecule has 0 bridgehead atoms. The summed E-state index contributed by atoms with van der Waals surface area (Å²) in [6, 6.07) is 3.54. The van der Waals surface area contributed by atoms with Crippen LogP contribution in [0.15, 0.2) is 23.3 Å². The van der Waals surface area contributed by atoms with Gasteiger partial charge in [-0.05, 0) is 12.1 Å². The van der Waals surface area contributed by atoms with Crippen molar-refractivity contribution in [3.63, 3.8) is 0 Å². The second-order valence-electron chi connectivity index (χ2n) is 2.74. The van der Waals surface area contributed by atoms with Gasteiger partial charge in [-0.2, -0.15) is 0 Å². The van der Waals surface area contributed by atoms with Gasteiger partial charge in [0.1, 0.15) is 0 Å². The quantitative estimate of drug-likeness (QED) is 0.628. The molecule has 6 heteroatoms. The minimum absolute atomic E-state index is 0.568. The van der Waals surface area contributed by atoms with Crippen molar-refractivity contribution in [1.82, 2.24) is 15.7 Å². The van der Waals surface area contributed by atoms with Gasteiger partial charge in [0.15, 0.2) is 5.82 Å². The fourth-order valence-electron chi connectivity index (χ4n) is 1.08. The van der Waals surface area contributed by atoms with Gasteiger partial charge >= 0.3 is 0 Å². The zero-order chi connectivity index (χ0) is 9.80. The summed E-state index contributed by atoms with van der Waals surface area (Å²) in [5.74, 6) is 1.30. The van der Waals surface area contributed by atoms with Gasteiger partial charge in [0.25, 0.3) is 0 Å². The van der Waals surface area contributed by atoms with Crippen LogP contribution in [0.4, 0.5) is 5.82 Å². The summed E-state index contributed by atoms with van der Waals surface area (Å²) in [6.45, 7) is 1.65. The molecule has 0 atom stereocenters. The number of rotatable bonds is 2. The summed E-state index contributed by atoms with van der Waals surface area (Å²) in [6.07, 6.45) is 1.67. The molecule has 74 valence electrons. The number of aliphatic imine (C=N–C) groups is 1. The van der Waals surface area contributed by atoms with Crippen LogP contribution in [0.25, 0.3) is 0 Å². The smallest absolute Gasteiger partial charge is 0.210 e. The molecule has 2 heterocycles. The number of pyridine rings is 1. The van der Waals surface area contributed by atoms with Gasteiger partial charge in [0.05, 0.1) is 11.6 Å². The largest absolute Gasteiger partial charge is 0.353 e. The molecule has 1 aliphatic rings. The number of nitrogens with one attached hydrogen (secondary N) is 3. The summed E-state index contributed by atoms with van der Waals surface area (Å²) >= 11 is 5.88. The molecule has 0 saturated carbocycles. The molecule has 1 aromatic rings. The summed E-state index contributed by atoms with van der Waals surface area (Å²) in [7, 11) is 0. The Hall–Kier alpha value is -1.49. The number of hydrazine groups is 1. The van der Waals surface area contributed by atoms with E-state index < -0.39 is 0 Å². The number of halogens is 1. The monoisotopic (exact) mass is 211 g/mol. The zero-order valence-electron chi connectivity index (χ0n) is 7.42. The first kappa shape index (κ1) is 9.08. The van der Waals surface area contributed by atoms with Gasteiger partial charge in [-0.25, -0.2) is 4.98 Å². The number of hydrogen-bond acceptors (Lipinski definition) is 5. The highest BCUT2D eigenvalue weighted by atomic mass is 35.5. The third-order valence-corrected chi connectivity index (χ3v) is 2.04. The molecule has 3 N–H and O–H groups in total. The normalized spacial score (nSPS) is 14.5. The Labute approximate surface area is 86.6 Å². The van der Waals surface area contributed by atoms with Crippen molar-refractivity contribution in [1.29, 1.82) is 0 Å². The Morgan fingerprint density at radius 3 is 3.07 bits per heavy atom. The van der Waals surface area contributed by atoms with E-state index in [4.69, 9.17) is 11.6 Å². The average molecular weight is 212 g/mol. The second-order valence-corrected chi connectivity index (χ2v) is 3.15. The van der Waals surface area contributed by atoms with Crippen LogP contribution in [-0.2, 0) is 0 Å². The minimum atomic E-state index is 0.568. The molecule has 5 nitrogen and oxygen atoms in total. The predicted molar refractivity (Wildman–Crippen MR) is 56.3 cm³/mol. The third kappa shape index (κ3) is 2.05.